The zero-order valence-corrected chi connectivity index (χ0v) is 8.16. The quantitative estimate of drug-likeness (QED) is 0.610. The van der Waals surface area contributed by atoms with Gasteiger partial charge in [0.1, 0.15) is 0 Å². The molecule has 3 nitrogen and oxygen atoms in total. The highest BCUT2D eigenvalue weighted by Crippen LogP contribution is 2.29. The van der Waals surface area contributed by atoms with E-state index in [2.05, 4.69) is 22.4 Å². The number of alkyl halides is 3. The molecule has 13 heavy (non-hydrogen) atoms. The summed E-state index contributed by atoms with van der Waals surface area (Å²) in [6, 6.07) is 0. The minimum atomic E-state index is -4.84. The van der Waals surface area contributed by atoms with Gasteiger partial charge in [-0.2, -0.15) is 18.3 Å². The number of aromatic amines is 1. The maximum absolute atomic E-state index is 11.7. The fraction of sp³-hybridized carbons (Fsp3) is 0.250. The van der Waals surface area contributed by atoms with Gasteiger partial charge in [-0.15, -0.1) is 0 Å². The van der Waals surface area contributed by atoms with Crippen LogP contribution < -0.4 is 0 Å². The van der Waals surface area contributed by atoms with Crippen molar-refractivity contribution in [3.8, 4) is 0 Å². The number of carbonyl (C=O) groups excluding carboxylic acids is 1. The van der Waals surface area contributed by atoms with Gasteiger partial charge >= 0.3 is 6.18 Å². The van der Waals surface area contributed by atoms with Crippen LogP contribution in [0.15, 0.2) is 4.34 Å². The highest BCUT2D eigenvalue weighted by Gasteiger charge is 2.39. The highest BCUT2D eigenvalue weighted by molar-refractivity contribution is 8.15. The van der Waals surface area contributed by atoms with Gasteiger partial charge in [0.05, 0.1) is 0 Å². The third kappa shape index (κ3) is 3.08. The van der Waals surface area contributed by atoms with Gasteiger partial charge in [0.25, 0.3) is 5.12 Å². The Balaban J connectivity index is 2.71. The number of hydrogen-bond acceptors (Lipinski definition) is 5. The van der Waals surface area contributed by atoms with E-state index in [1.54, 1.807) is 0 Å². The third-order valence-corrected chi connectivity index (χ3v) is 2.90. The second kappa shape index (κ2) is 3.76. The highest BCUT2D eigenvalue weighted by atomic mass is 32.2. The molecule has 0 aliphatic carbocycles. The van der Waals surface area contributed by atoms with Crippen LogP contribution >= 0.6 is 35.3 Å². The van der Waals surface area contributed by atoms with Crippen molar-refractivity contribution in [3.63, 3.8) is 0 Å². The number of aromatic nitrogens is 2. The summed E-state index contributed by atoms with van der Waals surface area (Å²) in [6.07, 6.45) is -4.84. The van der Waals surface area contributed by atoms with Crippen molar-refractivity contribution in [2.45, 2.75) is 10.5 Å². The Morgan fingerprint density at radius 1 is 1.62 bits per heavy atom. The van der Waals surface area contributed by atoms with Crippen molar-refractivity contribution in [2.75, 3.05) is 0 Å². The molecule has 1 rings (SSSR count). The molecule has 0 fully saturated rings. The summed E-state index contributed by atoms with van der Waals surface area (Å²) >= 11 is 5.41. The Labute approximate surface area is 83.3 Å². The molecule has 1 heterocycles. The summed E-state index contributed by atoms with van der Waals surface area (Å²) in [5, 5.41) is 3.77. The maximum atomic E-state index is 11.7. The monoisotopic (exact) mass is 246 g/mol. The van der Waals surface area contributed by atoms with Crippen LogP contribution in [0.2, 0.25) is 0 Å². The third-order valence-electron chi connectivity index (χ3n) is 0.830. The van der Waals surface area contributed by atoms with E-state index >= 15 is 0 Å². The molecule has 9 heteroatoms. The summed E-state index contributed by atoms with van der Waals surface area (Å²) in [4.78, 5) is 10.4. The normalized spacial score (nSPS) is 11.6. The van der Waals surface area contributed by atoms with Crippen LogP contribution in [0.3, 0.4) is 0 Å². The molecule has 72 valence electrons. The van der Waals surface area contributed by atoms with Crippen molar-refractivity contribution in [3.05, 3.63) is 3.95 Å². The summed E-state index contributed by atoms with van der Waals surface area (Å²) < 4.78 is 35.3. The lowest BCUT2D eigenvalue weighted by Crippen LogP contribution is -2.18. The first-order chi connectivity index (χ1) is 5.89. The van der Waals surface area contributed by atoms with Crippen LogP contribution in [0.4, 0.5) is 13.2 Å². The van der Waals surface area contributed by atoms with Crippen LogP contribution in [0.1, 0.15) is 0 Å². The predicted molar refractivity (Wildman–Crippen MR) is 44.2 cm³/mol. The van der Waals surface area contributed by atoms with E-state index in [1.807, 2.05) is 0 Å². The van der Waals surface area contributed by atoms with E-state index in [0.29, 0.717) is 0 Å². The molecule has 1 aromatic rings. The fourth-order valence-electron chi connectivity index (χ4n) is 0.397. The van der Waals surface area contributed by atoms with Crippen LogP contribution in [0.25, 0.3) is 0 Å². The average Bonchev–Trinajstić information content (AvgIpc) is 2.33. The molecule has 0 saturated heterocycles. The zero-order valence-electron chi connectivity index (χ0n) is 5.71. The van der Waals surface area contributed by atoms with Gasteiger partial charge in [-0.3, -0.25) is 9.89 Å². The van der Waals surface area contributed by atoms with Crippen LogP contribution in [0, 0.1) is 3.95 Å². The van der Waals surface area contributed by atoms with E-state index in [0.717, 1.165) is 11.3 Å². The van der Waals surface area contributed by atoms with Crippen molar-refractivity contribution in [2.24, 2.45) is 0 Å². The minimum Gasteiger partial charge on any atom is -0.276 e. The number of hydrogen-bond donors (Lipinski definition) is 1. The Morgan fingerprint density at radius 3 is 2.62 bits per heavy atom. The molecule has 0 amide bonds. The molecular weight excluding hydrogens is 245 g/mol. The number of thioether (sulfide) groups is 1. The van der Waals surface area contributed by atoms with Crippen molar-refractivity contribution < 1.29 is 18.0 Å². The summed E-state index contributed by atoms with van der Waals surface area (Å²) in [6.45, 7) is 0. The summed E-state index contributed by atoms with van der Waals surface area (Å²) in [5.41, 5.74) is 0. The number of nitrogens with one attached hydrogen (secondary N) is 1. The number of H-pyrrole nitrogens is 1. The average molecular weight is 246 g/mol. The molecule has 0 aliphatic rings. The fourth-order valence-corrected chi connectivity index (χ4v) is 2.19. The molecule has 0 saturated carbocycles. The predicted octanol–water partition coefficient (Wildman–Crippen LogP) is 2.38. The Bertz CT molecular complexity index is 367. The summed E-state index contributed by atoms with van der Waals surface area (Å²) in [5.74, 6) is 0. The number of rotatable bonds is 1. The lowest BCUT2D eigenvalue weighted by Gasteiger charge is -2.00. The van der Waals surface area contributed by atoms with Gasteiger partial charge in [0.15, 0.2) is 8.29 Å². The number of nitrogens with zero attached hydrogens (tertiary/aromatic N) is 1. The summed E-state index contributed by atoms with van der Waals surface area (Å²) in [7, 11) is 0. The van der Waals surface area contributed by atoms with Gasteiger partial charge in [-0.05, 0) is 24.0 Å². The van der Waals surface area contributed by atoms with E-state index in [9.17, 15) is 18.0 Å². The first-order valence-corrected chi connectivity index (χ1v) is 4.78. The van der Waals surface area contributed by atoms with Gasteiger partial charge in [0.2, 0.25) is 0 Å². The first-order valence-electron chi connectivity index (χ1n) is 2.74. The van der Waals surface area contributed by atoms with Crippen molar-refractivity contribution in [1.82, 2.24) is 10.2 Å². The minimum absolute atomic E-state index is 0.0169. The maximum Gasteiger partial charge on any atom is 0.461 e. The van der Waals surface area contributed by atoms with Crippen LogP contribution in [0.5, 0.6) is 0 Å². The first kappa shape index (κ1) is 10.7. The molecule has 0 spiro atoms. The van der Waals surface area contributed by atoms with Crippen LogP contribution in [-0.4, -0.2) is 21.5 Å². The Kier molecular flexibility index (Phi) is 3.09. The molecule has 0 radical (unpaired) electrons. The molecule has 0 aliphatic heterocycles. The smallest absolute Gasteiger partial charge is 0.276 e. The second-order valence-electron chi connectivity index (χ2n) is 1.77. The lowest BCUT2D eigenvalue weighted by molar-refractivity contribution is -0.160. The number of halogens is 3. The zero-order chi connectivity index (χ0) is 10.1. The molecule has 1 aromatic heterocycles. The Hall–Kier alpha value is -0.410. The molecular formula is C4HF3N2OS3. The van der Waals surface area contributed by atoms with Gasteiger partial charge < -0.3 is 0 Å². The molecule has 1 N–H and O–H groups in total. The van der Waals surface area contributed by atoms with Crippen molar-refractivity contribution in [1.29, 1.82) is 0 Å². The van der Waals surface area contributed by atoms with Crippen LogP contribution in [-0.2, 0) is 4.79 Å². The lowest BCUT2D eigenvalue weighted by atomic mass is 10.8. The standard InChI is InChI=1S/C4HF3N2OS3/c5-4(6,7)1(10)12-3-9-8-2(11)13-3/h(H,8,11). The topological polar surface area (TPSA) is 45.8 Å². The van der Waals surface area contributed by atoms with Gasteiger partial charge in [0, 0.05) is 0 Å². The Morgan fingerprint density at radius 2 is 2.23 bits per heavy atom. The molecule has 0 aromatic carbocycles. The van der Waals surface area contributed by atoms with Crippen molar-refractivity contribution >= 4 is 40.4 Å². The van der Waals surface area contributed by atoms with E-state index in [4.69, 9.17) is 0 Å². The second-order valence-corrected chi connectivity index (χ2v) is 4.65. The molecule has 0 unspecified atom stereocenters. The molecule has 0 atom stereocenters. The van der Waals surface area contributed by atoms with Gasteiger partial charge in [-0.1, -0.05) is 11.3 Å². The van der Waals surface area contributed by atoms with E-state index in [-0.39, 0.29) is 20.1 Å². The number of carbonyl (C=O) groups is 1. The SMILES string of the molecule is O=C(Sc1n[nH]c(=S)s1)C(F)(F)F. The van der Waals surface area contributed by atoms with E-state index in [1.165, 1.54) is 0 Å². The van der Waals surface area contributed by atoms with E-state index < -0.39 is 11.3 Å². The molecule has 0 bridgehead atoms. The van der Waals surface area contributed by atoms with Gasteiger partial charge in [-0.25, -0.2) is 0 Å². The largest absolute Gasteiger partial charge is 0.461 e.